The average molecular weight is 426 g/mol. The number of benzene rings is 1. The number of likely N-dealkylation sites (tertiary alicyclic amines) is 1. The molecule has 4 nitrogen and oxygen atoms in total. The lowest BCUT2D eigenvalue weighted by Crippen LogP contribution is -2.49. The summed E-state index contributed by atoms with van der Waals surface area (Å²) in [5, 5.41) is 16.6. The van der Waals surface area contributed by atoms with Crippen molar-refractivity contribution >= 4 is 17.2 Å². The normalized spacial score (nSPS) is 32.5. The number of hydrogen-bond donors (Lipinski definition) is 2. The highest BCUT2D eigenvalue weighted by Crippen LogP contribution is 2.54. The molecular formula is C25H33N2O2S+. The molecule has 1 aromatic heterocycles. The third kappa shape index (κ3) is 3.61. The van der Waals surface area contributed by atoms with Crippen LogP contribution in [0.2, 0.25) is 0 Å². The molecular weight excluding hydrogens is 392 g/mol. The van der Waals surface area contributed by atoms with Crippen LogP contribution in [-0.2, 0) is 16.9 Å². The van der Waals surface area contributed by atoms with Gasteiger partial charge in [-0.3, -0.25) is 4.79 Å². The van der Waals surface area contributed by atoms with Crippen LogP contribution < -0.4 is 5.32 Å². The fraction of sp³-hybridized carbons (Fsp3) is 0.560. The summed E-state index contributed by atoms with van der Waals surface area (Å²) in [6.07, 6.45) is 4.09. The van der Waals surface area contributed by atoms with E-state index in [9.17, 15) is 9.90 Å². The van der Waals surface area contributed by atoms with Crippen molar-refractivity contribution in [3.8, 4) is 0 Å². The van der Waals surface area contributed by atoms with Crippen molar-refractivity contribution in [3.63, 3.8) is 0 Å². The van der Waals surface area contributed by atoms with Crippen LogP contribution in [0.15, 0.2) is 47.8 Å². The number of fused-ring (bicyclic) bond motifs is 1. The smallest absolute Gasteiger partial charge is 0.257 e. The van der Waals surface area contributed by atoms with Gasteiger partial charge in [0.1, 0.15) is 6.54 Å². The quantitative estimate of drug-likeness (QED) is 0.664. The van der Waals surface area contributed by atoms with Gasteiger partial charge < -0.3 is 14.9 Å². The number of hydrogen-bond acceptors (Lipinski definition) is 3. The van der Waals surface area contributed by atoms with Crippen LogP contribution in [0.3, 0.4) is 0 Å². The van der Waals surface area contributed by atoms with Crippen LogP contribution in [0.4, 0.5) is 0 Å². The molecule has 2 N–H and O–H groups in total. The lowest BCUT2D eigenvalue weighted by molar-refractivity contribution is -0.916. The summed E-state index contributed by atoms with van der Waals surface area (Å²) < 4.78 is 1.10. The Labute approximate surface area is 183 Å². The molecule has 2 aliphatic carbocycles. The van der Waals surface area contributed by atoms with Gasteiger partial charge in [0, 0.05) is 34.7 Å². The fourth-order valence-electron chi connectivity index (χ4n) is 6.30. The minimum absolute atomic E-state index is 0.0423. The van der Waals surface area contributed by atoms with Gasteiger partial charge in [0.15, 0.2) is 5.60 Å². The zero-order chi connectivity index (χ0) is 20.8. The number of rotatable bonds is 7. The summed E-state index contributed by atoms with van der Waals surface area (Å²) >= 11 is 1.50. The minimum atomic E-state index is -1.35. The van der Waals surface area contributed by atoms with Gasteiger partial charge in [-0.05, 0) is 30.2 Å². The van der Waals surface area contributed by atoms with Crippen molar-refractivity contribution in [1.29, 1.82) is 0 Å². The molecule has 2 aromatic rings. The number of nitrogens with zero attached hydrogens (tertiary/aromatic N) is 1. The molecule has 0 radical (unpaired) electrons. The zero-order valence-electron chi connectivity index (χ0n) is 17.8. The Balaban J connectivity index is 1.18. The van der Waals surface area contributed by atoms with Gasteiger partial charge in [0.2, 0.25) is 0 Å². The van der Waals surface area contributed by atoms with Crippen LogP contribution in [0.25, 0.3) is 0 Å². The first kappa shape index (κ1) is 20.2. The van der Waals surface area contributed by atoms with E-state index in [1.807, 2.05) is 17.5 Å². The molecule has 1 aromatic carbocycles. The number of carbonyl (C=O) groups excluding carboxylic acids is 1. The van der Waals surface area contributed by atoms with Crippen LogP contribution >= 0.6 is 11.3 Å². The molecule has 30 heavy (non-hydrogen) atoms. The summed E-state index contributed by atoms with van der Waals surface area (Å²) in [4.78, 5) is 14.0. The highest BCUT2D eigenvalue weighted by atomic mass is 32.1. The van der Waals surface area contributed by atoms with E-state index < -0.39 is 5.60 Å². The average Bonchev–Trinajstić information content (AvgIpc) is 3.30. The Morgan fingerprint density at radius 3 is 2.47 bits per heavy atom. The number of aliphatic hydroxyl groups is 1. The number of nitrogens with one attached hydrogen (secondary N) is 1. The van der Waals surface area contributed by atoms with Gasteiger partial charge in [0.25, 0.3) is 5.91 Å². The van der Waals surface area contributed by atoms with Crippen molar-refractivity contribution in [2.24, 2.45) is 23.7 Å². The Bertz CT molecular complexity index is 866. The maximum atomic E-state index is 13.2. The van der Waals surface area contributed by atoms with E-state index in [1.165, 1.54) is 30.0 Å². The number of quaternary nitrogens is 1. The van der Waals surface area contributed by atoms with E-state index in [4.69, 9.17) is 0 Å². The van der Waals surface area contributed by atoms with E-state index in [2.05, 4.69) is 42.7 Å². The summed E-state index contributed by atoms with van der Waals surface area (Å²) in [5.41, 5.74) is 0.0516. The minimum Gasteiger partial charge on any atom is -0.374 e. The van der Waals surface area contributed by atoms with Crippen molar-refractivity contribution in [2.75, 3.05) is 26.7 Å². The molecule has 5 rings (SSSR count). The first-order valence-electron chi connectivity index (χ1n) is 11.4. The molecule has 1 saturated heterocycles. The Morgan fingerprint density at radius 2 is 1.83 bits per heavy atom. The molecule has 5 heteroatoms. The third-order valence-corrected chi connectivity index (χ3v) is 8.90. The summed E-state index contributed by atoms with van der Waals surface area (Å²) in [6.45, 7) is 4.18. The van der Waals surface area contributed by atoms with Crippen LogP contribution in [-0.4, -0.2) is 42.2 Å². The van der Waals surface area contributed by atoms with E-state index in [0.29, 0.717) is 24.3 Å². The Morgan fingerprint density at radius 1 is 1.13 bits per heavy atom. The van der Waals surface area contributed by atoms with Gasteiger partial charge in [-0.15, -0.1) is 11.3 Å². The van der Waals surface area contributed by atoms with Crippen molar-refractivity contribution < 1.29 is 14.4 Å². The Kier molecular flexibility index (Phi) is 5.24. The molecule has 1 aliphatic heterocycles. The SMILES string of the molecule is C[N+]1(Cc2ccccc2)CC2C(CNC(=O)C(O)(c3cccs3)C3CCCC3)C2C1. The molecule has 3 atom stereocenters. The third-order valence-electron chi connectivity index (χ3n) is 7.91. The van der Waals surface area contributed by atoms with Gasteiger partial charge in [-0.1, -0.05) is 49.2 Å². The van der Waals surface area contributed by atoms with E-state index in [1.54, 1.807) is 0 Å². The Hall–Kier alpha value is -1.69. The van der Waals surface area contributed by atoms with Crippen LogP contribution in [0.5, 0.6) is 0 Å². The van der Waals surface area contributed by atoms with Gasteiger partial charge >= 0.3 is 0 Å². The zero-order valence-corrected chi connectivity index (χ0v) is 18.6. The molecule has 2 heterocycles. The molecule has 3 unspecified atom stereocenters. The predicted octanol–water partition coefficient (Wildman–Crippen LogP) is 3.76. The van der Waals surface area contributed by atoms with Crippen molar-refractivity contribution in [3.05, 3.63) is 58.3 Å². The van der Waals surface area contributed by atoms with E-state index >= 15 is 0 Å². The standard InChI is InChI=1S/C25H32N2O2S/c1-27(15-18-8-3-2-4-9-18)16-21-20(22(21)17-27)14-26-24(28)25(29,19-10-5-6-11-19)23-12-7-13-30-23/h2-4,7-9,12-13,19-22,29H,5-6,10-11,14-17H2,1H3/p+1. The number of carbonyl (C=O) groups is 1. The maximum absolute atomic E-state index is 13.2. The second kappa shape index (κ2) is 7.77. The lowest BCUT2D eigenvalue weighted by atomic mass is 9.83. The molecule has 1 amide bonds. The number of piperidine rings is 1. The monoisotopic (exact) mass is 425 g/mol. The summed E-state index contributed by atoms with van der Waals surface area (Å²) in [7, 11) is 2.37. The van der Waals surface area contributed by atoms with Gasteiger partial charge in [0.05, 0.1) is 20.1 Å². The van der Waals surface area contributed by atoms with Gasteiger partial charge in [-0.2, -0.15) is 0 Å². The van der Waals surface area contributed by atoms with Gasteiger partial charge in [-0.25, -0.2) is 0 Å². The first-order chi connectivity index (χ1) is 14.5. The number of amides is 1. The van der Waals surface area contributed by atoms with Crippen molar-refractivity contribution in [2.45, 2.75) is 37.8 Å². The fourth-order valence-corrected chi connectivity index (χ4v) is 7.20. The molecule has 3 aliphatic rings. The highest BCUT2D eigenvalue weighted by Gasteiger charge is 2.61. The second-order valence-corrected chi connectivity index (χ2v) is 11.0. The second-order valence-electron chi connectivity index (χ2n) is 10.1. The molecule has 2 saturated carbocycles. The lowest BCUT2D eigenvalue weighted by Gasteiger charge is -2.33. The van der Waals surface area contributed by atoms with E-state index in [0.717, 1.165) is 41.6 Å². The molecule has 0 bridgehead atoms. The van der Waals surface area contributed by atoms with Crippen LogP contribution in [0, 0.1) is 23.7 Å². The van der Waals surface area contributed by atoms with E-state index in [-0.39, 0.29) is 11.8 Å². The largest absolute Gasteiger partial charge is 0.374 e. The highest BCUT2D eigenvalue weighted by molar-refractivity contribution is 7.10. The van der Waals surface area contributed by atoms with Crippen molar-refractivity contribution in [1.82, 2.24) is 5.32 Å². The predicted molar refractivity (Wildman–Crippen MR) is 120 cm³/mol. The van der Waals surface area contributed by atoms with Crippen LogP contribution in [0.1, 0.15) is 36.1 Å². The molecule has 0 spiro atoms. The summed E-state index contributed by atoms with van der Waals surface area (Å²) in [5.74, 6) is 1.86. The topological polar surface area (TPSA) is 49.3 Å². The molecule has 3 fully saturated rings. The first-order valence-corrected chi connectivity index (χ1v) is 12.3. The number of thiophene rings is 1. The maximum Gasteiger partial charge on any atom is 0.257 e. The summed E-state index contributed by atoms with van der Waals surface area (Å²) in [6, 6.07) is 14.6. The molecule has 160 valence electrons.